The molecule has 0 saturated heterocycles. The third-order valence-electron chi connectivity index (χ3n) is 2.50. The Labute approximate surface area is 125 Å². The van der Waals surface area contributed by atoms with Crippen LogP contribution in [0.15, 0.2) is 24.3 Å². The molecule has 1 aromatic rings. The van der Waals surface area contributed by atoms with Crippen LogP contribution in [0.25, 0.3) is 0 Å². The Kier molecular flexibility index (Phi) is 6.21. The predicted molar refractivity (Wildman–Crippen MR) is 81.3 cm³/mol. The van der Waals surface area contributed by atoms with E-state index in [1.54, 1.807) is 13.0 Å². The molecule has 1 N–H and O–H groups in total. The first-order valence-corrected chi connectivity index (χ1v) is 7.04. The highest BCUT2D eigenvalue weighted by Crippen LogP contribution is 2.15. The van der Waals surface area contributed by atoms with E-state index in [2.05, 4.69) is 5.32 Å². The fraction of sp³-hybridized carbons (Fsp3) is 0.500. The Balaban J connectivity index is 2.56. The van der Waals surface area contributed by atoms with Crippen LogP contribution in [0.5, 0.6) is 0 Å². The number of esters is 1. The second-order valence-electron chi connectivity index (χ2n) is 5.63. The Hall–Kier alpha value is -2.04. The van der Waals surface area contributed by atoms with Crippen molar-refractivity contribution in [1.82, 2.24) is 0 Å². The Morgan fingerprint density at radius 2 is 1.95 bits per heavy atom. The highest BCUT2D eigenvalue weighted by atomic mass is 16.6. The number of benzene rings is 1. The van der Waals surface area contributed by atoms with Crippen molar-refractivity contribution in [2.24, 2.45) is 0 Å². The van der Waals surface area contributed by atoms with Crippen molar-refractivity contribution >= 4 is 17.7 Å². The summed E-state index contributed by atoms with van der Waals surface area (Å²) < 4.78 is 10.1. The van der Waals surface area contributed by atoms with Gasteiger partial charge in [0.05, 0.1) is 6.61 Å². The zero-order valence-electron chi connectivity index (χ0n) is 13.1. The van der Waals surface area contributed by atoms with Crippen LogP contribution in [-0.4, -0.2) is 24.3 Å². The van der Waals surface area contributed by atoms with Gasteiger partial charge in [-0.1, -0.05) is 12.1 Å². The lowest BCUT2D eigenvalue weighted by molar-refractivity contribution is -0.143. The first-order valence-electron chi connectivity index (χ1n) is 7.04. The smallest absolute Gasteiger partial charge is 0.412 e. The summed E-state index contributed by atoms with van der Waals surface area (Å²) in [6, 6.07) is 7.33. The molecule has 21 heavy (non-hydrogen) atoms. The maximum Gasteiger partial charge on any atom is 0.412 e. The lowest BCUT2D eigenvalue weighted by atomic mass is 10.1. The van der Waals surface area contributed by atoms with E-state index in [0.29, 0.717) is 25.1 Å². The molecule has 0 bridgehead atoms. The van der Waals surface area contributed by atoms with Gasteiger partial charge in [-0.2, -0.15) is 0 Å². The van der Waals surface area contributed by atoms with Crippen molar-refractivity contribution < 1.29 is 19.1 Å². The third-order valence-corrected chi connectivity index (χ3v) is 2.50. The summed E-state index contributed by atoms with van der Waals surface area (Å²) >= 11 is 0. The molecule has 0 aliphatic heterocycles. The molecule has 0 atom stereocenters. The summed E-state index contributed by atoms with van der Waals surface area (Å²) in [6.07, 6.45) is 0.400. The van der Waals surface area contributed by atoms with Gasteiger partial charge in [-0.15, -0.1) is 0 Å². The standard InChI is InChI=1S/C16H23NO4/c1-5-20-14(18)10-9-12-7-6-8-13(11-12)17-15(19)21-16(2,3)4/h6-8,11H,5,9-10H2,1-4H3,(H,17,19). The van der Waals surface area contributed by atoms with Gasteiger partial charge in [-0.25, -0.2) is 4.79 Å². The number of anilines is 1. The first-order chi connectivity index (χ1) is 9.80. The van der Waals surface area contributed by atoms with Gasteiger partial charge in [0.25, 0.3) is 0 Å². The van der Waals surface area contributed by atoms with E-state index in [0.717, 1.165) is 5.56 Å². The van der Waals surface area contributed by atoms with Gasteiger partial charge in [0.15, 0.2) is 0 Å². The van der Waals surface area contributed by atoms with E-state index in [9.17, 15) is 9.59 Å². The molecule has 0 aromatic heterocycles. The molecule has 0 heterocycles. The lowest BCUT2D eigenvalue weighted by Gasteiger charge is -2.19. The predicted octanol–water partition coefficient (Wildman–Crippen LogP) is 3.53. The number of nitrogens with one attached hydrogen (secondary N) is 1. The molecule has 0 spiro atoms. The molecular formula is C16H23NO4. The fourth-order valence-electron chi connectivity index (χ4n) is 1.71. The van der Waals surface area contributed by atoms with Gasteiger partial charge in [-0.3, -0.25) is 10.1 Å². The molecule has 5 nitrogen and oxygen atoms in total. The minimum atomic E-state index is -0.536. The Morgan fingerprint density at radius 1 is 1.24 bits per heavy atom. The van der Waals surface area contributed by atoms with Crippen LogP contribution in [0.1, 0.15) is 39.7 Å². The van der Waals surface area contributed by atoms with Crippen LogP contribution >= 0.6 is 0 Å². The topological polar surface area (TPSA) is 64.6 Å². The maximum absolute atomic E-state index is 11.7. The molecule has 0 radical (unpaired) electrons. The van der Waals surface area contributed by atoms with E-state index < -0.39 is 11.7 Å². The highest BCUT2D eigenvalue weighted by Gasteiger charge is 2.16. The first kappa shape index (κ1) is 17.0. The van der Waals surface area contributed by atoms with Crippen molar-refractivity contribution in [3.63, 3.8) is 0 Å². The van der Waals surface area contributed by atoms with Crippen molar-refractivity contribution in [1.29, 1.82) is 0 Å². The van der Waals surface area contributed by atoms with E-state index in [4.69, 9.17) is 9.47 Å². The number of hydrogen-bond acceptors (Lipinski definition) is 4. The van der Waals surface area contributed by atoms with Crippen molar-refractivity contribution in [3.05, 3.63) is 29.8 Å². The molecule has 5 heteroatoms. The van der Waals surface area contributed by atoms with E-state index in [1.807, 2.05) is 39.0 Å². The quantitative estimate of drug-likeness (QED) is 0.843. The van der Waals surface area contributed by atoms with Gasteiger partial charge in [-0.05, 0) is 51.8 Å². The zero-order valence-corrected chi connectivity index (χ0v) is 13.1. The van der Waals surface area contributed by atoms with Crippen LogP contribution in [-0.2, 0) is 20.7 Å². The molecule has 116 valence electrons. The SMILES string of the molecule is CCOC(=O)CCc1cccc(NC(=O)OC(C)(C)C)c1. The number of rotatable bonds is 5. The van der Waals surface area contributed by atoms with Gasteiger partial charge in [0.2, 0.25) is 0 Å². The molecule has 0 aliphatic rings. The number of ether oxygens (including phenoxy) is 2. The monoisotopic (exact) mass is 293 g/mol. The van der Waals surface area contributed by atoms with Gasteiger partial charge in [0.1, 0.15) is 5.60 Å². The summed E-state index contributed by atoms with van der Waals surface area (Å²) in [4.78, 5) is 23.0. The summed E-state index contributed by atoms with van der Waals surface area (Å²) in [5.74, 6) is -0.219. The van der Waals surface area contributed by atoms with Crippen LogP contribution in [0.4, 0.5) is 10.5 Å². The highest BCUT2D eigenvalue weighted by molar-refractivity contribution is 5.85. The van der Waals surface area contributed by atoms with Crippen LogP contribution in [0.3, 0.4) is 0 Å². The molecule has 0 unspecified atom stereocenters. The number of carbonyl (C=O) groups excluding carboxylic acids is 2. The number of carbonyl (C=O) groups is 2. The number of hydrogen-bond donors (Lipinski definition) is 1. The van der Waals surface area contributed by atoms with E-state index >= 15 is 0 Å². The summed E-state index contributed by atoms with van der Waals surface area (Å²) in [6.45, 7) is 7.59. The molecular weight excluding hydrogens is 270 g/mol. The van der Waals surface area contributed by atoms with E-state index in [1.165, 1.54) is 0 Å². The summed E-state index contributed by atoms with van der Waals surface area (Å²) in [5, 5.41) is 2.67. The van der Waals surface area contributed by atoms with Crippen LogP contribution in [0.2, 0.25) is 0 Å². The molecule has 0 fully saturated rings. The normalized spacial score (nSPS) is 10.9. The summed E-state index contributed by atoms with van der Waals surface area (Å²) in [5.41, 5.74) is 1.06. The average molecular weight is 293 g/mol. The largest absolute Gasteiger partial charge is 0.466 e. The molecule has 1 aromatic carbocycles. The average Bonchev–Trinajstić information content (AvgIpc) is 2.35. The molecule has 0 saturated carbocycles. The van der Waals surface area contributed by atoms with Gasteiger partial charge >= 0.3 is 12.1 Å². The van der Waals surface area contributed by atoms with Crippen molar-refractivity contribution in [2.75, 3.05) is 11.9 Å². The zero-order chi connectivity index (χ0) is 15.9. The minimum Gasteiger partial charge on any atom is -0.466 e. The summed E-state index contributed by atoms with van der Waals surface area (Å²) in [7, 11) is 0. The fourth-order valence-corrected chi connectivity index (χ4v) is 1.71. The Bertz CT molecular complexity index is 491. The second-order valence-corrected chi connectivity index (χ2v) is 5.63. The van der Waals surface area contributed by atoms with Gasteiger partial charge in [0, 0.05) is 12.1 Å². The van der Waals surface area contributed by atoms with Crippen molar-refractivity contribution in [3.8, 4) is 0 Å². The van der Waals surface area contributed by atoms with E-state index in [-0.39, 0.29) is 5.97 Å². The maximum atomic E-state index is 11.7. The van der Waals surface area contributed by atoms with Crippen LogP contribution in [0, 0.1) is 0 Å². The van der Waals surface area contributed by atoms with Crippen molar-refractivity contribution in [2.45, 2.75) is 46.1 Å². The molecule has 0 aliphatic carbocycles. The number of amides is 1. The molecule has 1 rings (SSSR count). The lowest BCUT2D eigenvalue weighted by Crippen LogP contribution is -2.27. The minimum absolute atomic E-state index is 0.219. The van der Waals surface area contributed by atoms with Gasteiger partial charge < -0.3 is 9.47 Å². The number of aryl methyl sites for hydroxylation is 1. The molecule has 1 amide bonds. The van der Waals surface area contributed by atoms with Crippen LogP contribution < -0.4 is 5.32 Å². The third kappa shape index (κ3) is 7.34. The Morgan fingerprint density at radius 3 is 2.57 bits per heavy atom. The second kappa shape index (κ2) is 7.67.